The lowest BCUT2D eigenvalue weighted by atomic mass is 9.72. The molecule has 0 heterocycles. The molecule has 0 aliphatic heterocycles. The standard InChI is InChI=1S/C40H56O/c1-30(19-13-20-32(3)25-26-36-33(4)23-15-27-39(36,7)8)17-11-12-18-31(2)21-14-22-35(6)38(41)29-37-34(5)24-16-28-40(37,9)10/h11-14,17-22,25-26,29,41H,15-16,23-24,27-28H2,1-10H3/b12-11+,19-13+,21-14+,26-25+,30-17+,31-18+,32-20+,35-22+,38-29-. The van der Waals surface area contributed by atoms with Gasteiger partial charge in [-0.05, 0) is 114 Å². The zero-order valence-electron chi connectivity index (χ0n) is 27.7. The molecule has 222 valence electrons. The van der Waals surface area contributed by atoms with Crippen LogP contribution >= 0.6 is 0 Å². The van der Waals surface area contributed by atoms with Crippen molar-refractivity contribution in [1.82, 2.24) is 0 Å². The topological polar surface area (TPSA) is 20.2 Å². The van der Waals surface area contributed by atoms with Gasteiger partial charge in [-0.25, -0.2) is 0 Å². The van der Waals surface area contributed by atoms with Gasteiger partial charge < -0.3 is 5.11 Å². The predicted octanol–water partition coefficient (Wildman–Crippen LogP) is 12.5. The van der Waals surface area contributed by atoms with Gasteiger partial charge in [0.25, 0.3) is 0 Å². The van der Waals surface area contributed by atoms with Crippen LogP contribution in [0.4, 0.5) is 0 Å². The summed E-state index contributed by atoms with van der Waals surface area (Å²) >= 11 is 0. The summed E-state index contributed by atoms with van der Waals surface area (Å²) < 4.78 is 0. The fourth-order valence-electron chi connectivity index (χ4n) is 5.80. The second-order valence-corrected chi connectivity index (χ2v) is 13.4. The highest BCUT2D eigenvalue weighted by atomic mass is 16.3. The number of aliphatic hydroxyl groups excluding tert-OH is 1. The Bertz CT molecular complexity index is 1270. The van der Waals surface area contributed by atoms with E-state index in [0.717, 1.165) is 17.6 Å². The van der Waals surface area contributed by atoms with Crippen molar-refractivity contribution in [2.75, 3.05) is 0 Å². The first kappa shape index (κ1) is 34.1. The molecule has 0 aromatic carbocycles. The Balaban J connectivity index is 1.93. The number of hydrogen-bond acceptors (Lipinski definition) is 1. The van der Waals surface area contributed by atoms with Crippen molar-refractivity contribution >= 4 is 0 Å². The van der Waals surface area contributed by atoms with E-state index in [4.69, 9.17) is 0 Å². The van der Waals surface area contributed by atoms with Gasteiger partial charge in [0.05, 0.1) is 0 Å². The molecule has 0 amide bonds. The van der Waals surface area contributed by atoms with Crippen molar-refractivity contribution in [1.29, 1.82) is 0 Å². The van der Waals surface area contributed by atoms with Crippen LogP contribution in [-0.2, 0) is 0 Å². The summed E-state index contributed by atoms with van der Waals surface area (Å²) in [6.45, 7) is 22.1. The Labute approximate surface area is 252 Å². The SMILES string of the molecule is CC1=C(/C=C(O)/C(C)=C/C=C/C(C)=C/C=C/C=C(C)/C=C/C=C(C)/C=C/C2=C(C)CCCC2(C)C)C(C)(C)CCC1. The van der Waals surface area contributed by atoms with Gasteiger partial charge in [0.2, 0.25) is 0 Å². The molecule has 0 spiro atoms. The van der Waals surface area contributed by atoms with Crippen molar-refractivity contribution in [2.24, 2.45) is 10.8 Å². The average Bonchev–Trinajstić information content (AvgIpc) is 2.87. The summed E-state index contributed by atoms with van der Waals surface area (Å²) in [4.78, 5) is 0. The average molecular weight is 553 g/mol. The van der Waals surface area contributed by atoms with E-state index in [2.05, 4.69) is 123 Å². The molecule has 41 heavy (non-hydrogen) atoms. The first-order valence-electron chi connectivity index (χ1n) is 15.4. The molecular weight excluding hydrogens is 496 g/mol. The van der Waals surface area contributed by atoms with Crippen LogP contribution in [0.15, 0.2) is 129 Å². The molecule has 0 saturated heterocycles. The van der Waals surface area contributed by atoms with Gasteiger partial charge in [-0.15, -0.1) is 0 Å². The lowest BCUT2D eigenvalue weighted by Crippen LogP contribution is -2.19. The maximum Gasteiger partial charge on any atom is 0.118 e. The lowest BCUT2D eigenvalue weighted by molar-refractivity contribution is 0.369. The normalized spacial score (nSPS) is 22.0. The van der Waals surface area contributed by atoms with Gasteiger partial charge in [-0.1, -0.05) is 128 Å². The molecule has 1 heteroatoms. The Morgan fingerprint density at radius 1 is 0.610 bits per heavy atom. The van der Waals surface area contributed by atoms with E-state index in [-0.39, 0.29) is 10.8 Å². The van der Waals surface area contributed by atoms with Gasteiger partial charge in [0.1, 0.15) is 5.76 Å². The molecule has 0 fully saturated rings. The van der Waals surface area contributed by atoms with Crippen LogP contribution in [0.5, 0.6) is 0 Å². The van der Waals surface area contributed by atoms with Gasteiger partial charge in [0.15, 0.2) is 0 Å². The van der Waals surface area contributed by atoms with Gasteiger partial charge in [-0.3, -0.25) is 0 Å². The van der Waals surface area contributed by atoms with Crippen LogP contribution in [0.25, 0.3) is 0 Å². The van der Waals surface area contributed by atoms with E-state index in [1.807, 2.05) is 25.2 Å². The Morgan fingerprint density at radius 3 is 1.56 bits per heavy atom. The third-order valence-electron chi connectivity index (χ3n) is 8.54. The summed E-state index contributed by atoms with van der Waals surface area (Å²) in [5, 5.41) is 10.7. The predicted molar refractivity (Wildman–Crippen MR) is 183 cm³/mol. The van der Waals surface area contributed by atoms with Crippen LogP contribution in [0.2, 0.25) is 0 Å². The number of allylic oxidation sites excluding steroid dienone is 21. The zero-order valence-corrected chi connectivity index (χ0v) is 27.7. The monoisotopic (exact) mass is 552 g/mol. The molecule has 2 rings (SSSR count). The van der Waals surface area contributed by atoms with Crippen LogP contribution in [0, 0.1) is 10.8 Å². The summed E-state index contributed by atoms with van der Waals surface area (Å²) in [5.41, 5.74) is 10.6. The van der Waals surface area contributed by atoms with Gasteiger partial charge in [0, 0.05) is 0 Å². The number of aliphatic hydroxyl groups is 1. The van der Waals surface area contributed by atoms with Crippen molar-refractivity contribution in [3.05, 3.63) is 129 Å². The molecule has 0 saturated carbocycles. The summed E-state index contributed by atoms with van der Waals surface area (Å²) in [6.07, 6.45) is 34.7. The van der Waals surface area contributed by atoms with Crippen LogP contribution in [-0.4, -0.2) is 5.11 Å². The van der Waals surface area contributed by atoms with Gasteiger partial charge >= 0.3 is 0 Å². The highest BCUT2D eigenvalue weighted by Gasteiger charge is 2.28. The third-order valence-corrected chi connectivity index (χ3v) is 8.54. The molecule has 0 aromatic rings. The van der Waals surface area contributed by atoms with E-state index in [1.54, 1.807) is 0 Å². The van der Waals surface area contributed by atoms with E-state index >= 15 is 0 Å². The Kier molecular flexibility index (Phi) is 13.2. The molecule has 1 nitrogen and oxygen atoms in total. The minimum atomic E-state index is 0.122. The van der Waals surface area contributed by atoms with Crippen molar-refractivity contribution in [2.45, 2.75) is 108 Å². The molecule has 2 aliphatic rings. The fourth-order valence-corrected chi connectivity index (χ4v) is 5.80. The minimum absolute atomic E-state index is 0.122. The first-order valence-corrected chi connectivity index (χ1v) is 15.4. The van der Waals surface area contributed by atoms with E-state index < -0.39 is 0 Å². The molecule has 0 unspecified atom stereocenters. The molecular formula is C40H56O. The summed E-state index contributed by atoms with van der Waals surface area (Å²) in [7, 11) is 0. The number of rotatable bonds is 10. The van der Waals surface area contributed by atoms with Crippen molar-refractivity contribution in [3.8, 4) is 0 Å². The van der Waals surface area contributed by atoms with Crippen molar-refractivity contribution < 1.29 is 5.11 Å². The highest BCUT2D eigenvalue weighted by molar-refractivity contribution is 5.40. The maximum absolute atomic E-state index is 10.7. The van der Waals surface area contributed by atoms with Gasteiger partial charge in [-0.2, -0.15) is 0 Å². The quantitative estimate of drug-likeness (QED) is 0.211. The minimum Gasteiger partial charge on any atom is -0.508 e. The summed E-state index contributed by atoms with van der Waals surface area (Å²) in [6, 6.07) is 0. The smallest absolute Gasteiger partial charge is 0.118 e. The fraction of sp³-hybridized carbons (Fsp3) is 0.450. The van der Waals surface area contributed by atoms with E-state index in [9.17, 15) is 5.11 Å². The third kappa shape index (κ3) is 11.4. The molecule has 1 N–H and O–H groups in total. The maximum atomic E-state index is 10.7. The molecule has 0 aromatic heterocycles. The molecule has 0 atom stereocenters. The highest BCUT2D eigenvalue weighted by Crippen LogP contribution is 2.42. The lowest BCUT2D eigenvalue weighted by Gasteiger charge is -2.33. The van der Waals surface area contributed by atoms with E-state index in [0.29, 0.717) is 5.76 Å². The summed E-state index contributed by atoms with van der Waals surface area (Å²) in [5.74, 6) is 0.357. The van der Waals surface area contributed by atoms with Crippen LogP contribution in [0.1, 0.15) is 108 Å². The second-order valence-electron chi connectivity index (χ2n) is 13.4. The largest absolute Gasteiger partial charge is 0.508 e. The van der Waals surface area contributed by atoms with Crippen LogP contribution < -0.4 is 0 Å². The zero-order chi connectivity index (χ0) is 30.6. The molecule has 0 radical (unpaired) electrons. The first-order chi connectivity index (χ1) is 19.2. The Morgan fingerprint density at radius 2 is 1.05 bits per heavy atom. The van der Waals surface area contributed by atoms with E-state index in [1.165, 1.54) is 65.5 Å². The Hall–Kier alpha value is -3.06. The second kappa shape index (κ2) is 15.8. The van der Waals surface area contributed by atoms with Crippen molar-refractivity contribution in [3.63, 3.8) is 0 Å². The van der Waals surface area contributed by atoms with Crippen LogP contribution in [0.3, 0.4) is 0 Å². The number of hydrogen-bond donors (Lipinski definition) is 1. The molecule has 2 aliphatic carbocycles. The molecule has 0 bridgehead atoms.